The summed E-state index contributed by atoms with van der Waals surface area (Å²) in [7, 11) is 4.61. The Morgan fingerprint density at radius 1 is 1.04 bits per heavy atom. The van der Waals surface area contributed by atoms with E-state index in [2.05, 4.69) is 10.1 Å². The largest absolute Gasteiger partial charge is 0.496 e. The molecular weight excluding hydrogens is 354 g/mol. The molecule has 0 aliphatic heterocycles. The van der Waals surface area contributed by atoms with Crippen LogP contribution >= 0.6 is 12.2 Å². The number of benzene rings is 2. The van der Waals surface area contributed by atoms with Crippen LogP contribution in [0.1, 0.15) is 5.56 Å². The van der Waals surface area contributed by atoms with E-state index < -0.39 is 0 Å². The zero-order chi connectivity index (χ0) is 18.7. The number of aromatic nitrogens is 2. The predicted molar refractivity (Wildman–Crippen MR) is 102 cm³/mol. The number of para-hydroxylation sites is 1. The van der Waals surface area contributed by atoms with Gasteiger partial charge < -0.3 is 19.2 Å². The van der Waals surface area contributed by atoms with Crippen LogP contribution in [0.5, 0.6) is 17.2 Å². The SMILES string of the molecule is COc1cc(OC)c(OC)cc1/C=N\n1c(=S)[nH]c2ccccc2c1=O. The van der Waals surface area contributed by atoms with Gasteiger partial charge in [-0.25, -0.2) is 0 Å². The minimum atomic E-state index is -0.306. The molecule has 26 heavy (non-hydrogen) atoms. The molecule has 7 nitrogen and oxygen atoms in total. The molecule has 8 heteroatoms. The topological polar surface area (TPSA) is 77.8 Å². The average molecular weight is 371 g/mol. The fraction of sp³-hybridized carbons (Fsp3) is 0.167. The van der Waals surface area contributed by atoms with Crippen molar-refractivity contribution in [1.82, 2.24) is 9.66 Å². The number of H-pyrrole nitrogens is 1. The summed E-state index contributed by atoms with van der Waals surface area (Å²) < 4.78 is 17.2. The summed E-state index contributed by atoms with van der Waals surface area (Å²) >= 11 is 5.25. The number of ether oxygens (including phenoxy) is 3. The number of hydrogen-bond donors (Lipinski definition) is 1. The van der Waals surface area contributed by atoms with Gasteiger partial charge in [-0.2, -0.15) is 9.78 Å². The van der Waals surface area contributed by atoms with Gasteiger partial charge in [0.05, 0.1) is 38.4 Å². The molecule has 2 aromatic carbocycles. The third-order valence-electron chi connectivity index (χ3n) is 3.83. The minimum absolute atomic E-state index is 0.199. The molecule has 0 spiro atoms. The van der Waals surface area contributed by atoms with Gasteiger partial charge in [0, 0.05) is 11.6 Å². The molecule has 134 valence electrons. The molecule has 0 fully saturated rings. The van der Waals surface area contributed by atoms with Crippen molar-refractivity contribution in [2.45, 2.75) is 0 Å². The highest BCUT2D eigenvalue weighted by molar-refractivity contribution is 7.71. The van der Waals surface area contributed by atoms with Crippen LogP contribution in [0.25, 0.3) is 10.9 Å². The highest BCUT2D eigenvalue weighted by atomic mass is 32.1. The lowest BCUT2D eigenvalue weighted by Gasteiger charge is -2.11. The zero-order valence-corrected chi connectivity index (χ0v) is 15.3. The van der Waals surface area contributed by atoms with Gasteiger partial charge >= 0.3 is 0 Å². The quantitative estimate of drug-likeness (QED) is 0.551. The van der Waals surface area contributed by atoms with E-state index in [1.165, 1.54) is 20.4 Å². The van der Waals surface area contributed by atoms with E-state index >= 15 is 0 Å². The Morgan fingerprint density at radius 2 is 1.69 bits per heavy atom. The van der Waals surface area contributed by atoms with E-state index in [-0.39, 0.29) is 10.3 Å². The zero-order valence-electron chi connectivity index (χ0n) is 14.5. The minimum Gasteiger partial charge on any atom is -0.496 e. The monoisotopic (exact) mass is 371 g/mol. The third-order valence-corrected chi connectivity index (χ3v) is 4.11. The van der Waals surface area contributed by atoms with Crippen LogP contribution in [0.15, 0.2) is 46.3 Å². The van der Waals surface area contributed by atoms with Crippen molar-refractivity contribution in [3.8, 4) is 17.2 Å². The first-order valence-electron chi connectivity index (χ1n) is 7.67. The number of fused-ring (bicyclic) bond motifs is 1. The second kappa shape index (κ2) is 7.40. The van der Waals surface area contributed by atoms with Crippen molar-refractivity contribution < 1.29 is 14.2 Å². The lowest BCUT2D eigenvalue weighted by atomic mass is 10.2. The summed E-state index contributed by atoms with van der Waals surface area (Å²) in [5, 5.41) is 4.73. The molecule has 0 aliphatic carbocycles. The van der Waals surface area contributed by atoms with Crippen molar-refractivity contribution >= 4 is 29.3 Å². The van der Waals surface area contributed by atoms with Gasteiger partial charge in [0.1, 0.15) is 5.75 Å². The molecule has 0 aliphatic rings. The lowest BCUT2D eigenvalue weighted by Crippen LogP contribution is -2.18. The van der Waals surface area contributed by atoms with Crippen LogP contribution in [0.3, 0.4) is 0 Å². The molecule has 0 atom stereocenters. The summed E-state index contributed by atoms with van der Waals surface area (Å²) in [5.74, 6) is 1.57. The van der Waals surface area contributed by atoms with Crippen molar-refractivity contribution in [3.63, 3.8) is 0 Å². The molecule has 0 bridgehead atoms. The van der Waals surface area contributed by atoms with Gasteiger partial charge in [-0.3, -0.25) is 4.79 Å². The van der Waals surface area contributed by atoms with E-state index in [0.29, 0.717) is 33.7 Å². The fourth-order valence-corrected chi connectivity index (χ4v) is 2.77. The Bertz CT molecular complexity index is 1100. The first kappa shape index (κ1) is 17.7. The van der Waals surface area contributed by atoms with Crippen molar-refractivity contribution in [1.29, 1.82) is 0 Å². The summed E-state index contributed by atoms with van der Waals surface area (Å²) in [4.78, 5) is 15.6. The maximum absolute atomic E-state index is 12.6. The molecule has 0 saturated carbocycles. The Balaban J connectivity index is 2.12. The highest BCUT2D eigenvalue weighted by Crippen LogP contribution is 2.33. The van der Waals surface area contributed by atoms with Crippen LogP contribution in [0.4, 0.5) is 0 Å². The number of rotatable bonds is 5. The fourth-order valence-electron chi connectivity index (χ4n) is 2.53. The Kier molecular flexibility index (Phi) is 5.04. The van der Waals surface area contributed by atoms with Crippen LogP contribution in [-0.4, -0.2) is 37.2 Å². The summed E-state index contributed by atoms with van der Waals surface area (Å²) in [5.41, 5.74) is 0.970. The lowest BCUT2D eigenvalue weighted by molar-refractivity contribution is 0.349. The Morgan fingerprint density at radius 3 is 2.38 bits per heavy atom. The molecular formula is C18H17N3O4S. The molecule has 0 radical (unpaired) electrons. The number of nitrogens with zero attached hydrogens (tertiary/aromatic N) is 2. The predicted octanol–water partition coefficient (Wildman–Crippen LogP) is 2.97. The maximum atomic E-state index is 12.6. The number of methoxy groups -OCH3 is 3. The average Bonchev–Trinajstić information content (AvgIpc) is 2.67. The molecule has 0 amide bonds. The smallest absolute Gasteiger partial charge is 0.282 e. The first-order valence-corrected chi connectivity index (χ1v) is 8.08. The van der Waals surface area contributed by atoms with E-state index in [9.17, 15) is 4.79 Å². The van der Waals surface area contributed by atoms with E-state index in [1.54, 1.807) is 37.4 Å². The molecule has 1 aromatic heterocycles. The van der Waals surface area contributed by atoms with E-state index in [4.69, 9.17) is 26.4 Å². The van der Waals surface area contributed by atoms with Crippen molar-refractivity contribution in [2.24, 2.45) is 5.10 Å². The van der Waals surface area contributed by atoms with Gasteiger partial charge in [0.25, 0.3) is 5.56 Å². The second-order valence-electron chi connectivity index (χ2n) is 5.29. The van der Waals surface area contributed by atoms with Gasteiger partial charge in [-0.05, 0) is 30.4 Å². The van der Waals surface area contributed by atoms with Gasteiger partial charge in [-0.15, -0.1) is 0 Å². The molecule has 3 aromatic rings. The summed E-state index contributed by atoms with van der Waals surface area (Å²) in [6, 6.07) is 10.5. The standard InChI is InChI=1S/C18H17N3O4S/c1-23-14-9-16(25-3)15(24-2)8-11(14)10-19-21-17(22)12-6-4-5-7-13(12)20-18(21)26/h4-10H,1-3H3,(H,20,26)/b19-10-. The Labute approximate surface area is 154 Å². The first-order chi connectivity index (χ1) is 12.6. The van der Waals surface area contributed by atoms with Crippen LogP contribution < -0.4 is 19.8 Å². The molecule has 1 N–H and O–H groups in total. The van der Waals surface area contributed by atoms with Crippen LogP contribution in [-0.2, 0) is 0 Å². The van der Waals surface area contributed by atoms with Crippen LogP contribution in [0, 0.1) is 4.77 Å². The van der Waals surface area contributed by atoms with Crippen LogP contribution in [0.2, 0.25) is 0 Å². The van der Waals surface area contributed by atoms with Gasteiger partial charge in [0.2, 0.25) is 4.77 Å². The summed E-state index contributed by atoms with van der Waals surface area (Å²) in [6.45, 7) is 0. The molecule has 3 rings (SSSR count). The van der Waals surface area contributed by atoms with E-state index in [1.807, 2.05) is 6.07 Å². The van der Waals surface area contributed by atoms with Crippen molar-refractivity contribution in [3.05, 3.63) is 57.1 Å². The molecule has 0 unspecified atom stereocenters. The van der Waals surface area contributed by atoms with Gasteiger partial charge in [-0.1, -0.05) is 12.1 Å². The summed E-state index contributed by atoms with van der Waals surface area (Å²) in [6.07, 6.45) is 1.49. The highest BCUT2D eigenvalue weighted by Gasteiger charge is 2.11. The number of hydrogen-bond acceptors (Lipinski definition) is 6. The number of aromatic amines is 1. The Hall–Kier alpha value is -3.13. The second-order valence-corrected chi connectivity index (χ2v) is 5.67. The maximum Gasteiger partial charge on any atom is 0.282 e. The molecule has 1 heterocycles. The van der Waals surface area contributed by atoms with Gasteiger partial charge in [0.15, 0.2) is 11.5 Å². The third kappa shape index (κ3) is 3.18. The number of nitrogens with one attached hydrogen (secondary N) is 1. The molecule has 0 saturated heterocycles. The van der Waals surface area contributed by atoms with E-state index in [0.717, 1.165) is 4.68 Å². The van der Waals surface area contributed by atoms with Crippen molar-refractivity contribution in [2.75, 3.05) is 21.3 Å². The normalized spacial score (nSPS) is 11.0.